The van der Waals surface area contributed by atoms with Crippen molar-refractivity contribution in [2.45, 2.75) is 31.8 Å². The molecule has 2 amide bonds. The third-order valence-corrected chi connectivity index (χ3v) is 4.25. The maximum Gasteiger partial charge on any atom is 0.237 e. The summed E-state index contributed by atoms with van der Waals surface area (Å²) in [7, 11) is 1.62. The van der Waals surface area contributed by atoms with E-state index in [0.29, 0.717) is 25.7 Å². The number of amides is 2. The molecule has 126 valence electrons. The van der Waals surface area contributed by atoms with Crippen molar-refractivity contribution in [2.75, 3.05) is 53.0 Å². The number of hydrogen-bond acceptors (Lipinski definition) is 5. The molecule has 0 aromatic heterocycles. The Kier molecular flexibility index (Phi) is 6.60. The summed E-state index contributed by atoms with van der Waals surface area (Å²) in [4.78, 5) is 28.1. The number of carbonyl (C=O) groups is 2. The number of hydrogen-bond donors (Lipinski definition) is 2. The molecule has 0 radical (unpaired) electrons. The molecule has 1 aliphatic carbocycles. The number of rotatable bonds is 8. The molecule has 1 saturated heterocycles. The first-order chi connectivity index (χ1) is 10.6. The second-order valence-electron chi connectivity index (χ2n) is 6.11. The number of methoxy groups -OCH3 is 1. The van der Waals surface area contributed by atoms with Gasteiger partial charge in [0.15, 0.2) is 0 Å². The molecule has 2 fully saturated rings. The van der Waals surface area contributed by atoms with Crippen molar-refractivity contribution in [3.63, 3.8) is 0 Å². The Morgan fingerprint density at radius 1 is 1.23 bits per heavy atom. The molecule has 1 saturated carbocycles. The lowest BCUT2D eigenvalue weighted by molar-refractivity contribution is -0.128. The van der Waals surface area contributed by atoms with Gasteiger partial charge in [-0.05, 0) is 19.8 Å². The Morgan fingerprint density at radius 3 is 2.50 bits per heavy atom. The lowest BCUT2D eigenvalue weighted by atomic mass is 10.2. The van der Waals surface area contributed by atoms with E-state index in [1.54, 1.807) is 7.11 Å². The minimum atomic E-state index is -0.140. The fourth-order valence-corrected chi connectivity index (χ4v) is 2.60. The maximum atomic E-state index is 12.0. The topological polar surface area (TPSA) is 73.9 Å². The third kappa shape index (κ3) is 5.55. The summed E-state index contributed by atoms with van der Waals surface area (Å²) < 4.78 is 4.93. The van der Waals surface area contributed by atoms with E-state index < -0.39 is 0 Å². The van der Waals surface area contributed by atoms with Gasteiger partial charge in [0, 0.05) is 45.9 Å². The molecule has 0 spiro atoms. The standard InChI is InChI=1S/C15H28N4O3/c1-12(15(21)16-5-10-22-2)19-8-6-18(7-9-19)11-14(20)17-13-3-4-13/h12-13H,3-11H2,1-2H3,(H,16,21)(H,17,20)/t12-/m1/s1. The van der Waals surface area contributed by atoms with E-state index in [-0.39, 0.29) is 17.9 Å². The van der Waals surface area contributed by atoms with Crippen LogP contribution in [0.5, 0.6) is 0 Å². The Balaban J connectivity index is 1.64. The van der Waals surface area contributed by atoms with Gasteiger partial charge in [0.1, 0.15) is 0 Å². The monoisotopic (exact) mass is 312 g/mol. The molecule has 22 heavy (non-hydrogen) atoms. The summed E-state index contributed by atoms with van der Waals surface area (Å²) in [6.07, 6.45) is 2.24. The van der Waals surface area contributed by atoms with Gasteiger partial charge in [-0.25, -0.2) is 0 Å². The van der Waals surface area contributed by atoms with Crippen LogP contribution in [0.15, 0.2) is 0 Å². The van der Waals surface area contributed by atoms with Gasteiger partial charge in [0.2, 0.25) is 11.8 Å². The molecule has 7 nitrogen and oxygen atoms in total. The van der Waals surface area contributed by atoms with Gasteiger partial charge < -0.3 is 15.4 Å². The Bertz CT molecular complexity index is 379. The molecule has 0 aromatic carbocycles. The molecule has 0 aromatic rings. The summed E-state index contributed by atoms with van der Waals surface area (Å²) in [5.74, 6) is 0.165. The van der Waals surface area contributed by atoms with Crippen molar-refractivity contribution in [3.05, 3.63) is 0 Å². The average Bonchev–Trinajstić information content (AvgIpc) is 3.31. The second-order valence-corrected chi connectivity index (χ2v) is 6.11. The van der Waals surface area contributed by atoms with Crippen LogP contribution in [0, 0.1) is 0 Å². The van der Waals surface area contributed by atoms with Crippen LogP contribution in [0.25, 0.3) is 0 Å². The van der Waals surface area contributed by atoms with Crippen LogP contribution in [0.3, 0.4) is 0 Å². The highest BCUT2D eigenvalue weighted by Gasteiger charge is 2.27. The number of carbonyl (C=O) groups excluding carboxylic acids is 2. The minimum Gasteiger partial charge on any atom is -0.383 e. The molecule has 2 N–H and O–H groups in total. The van der Waals surface area contributed by atoms with E-state index in [4.69, 9.17) is 4.74 Å². The molecular formula is C15H28N4O3. The van der Waals surface area contributed by atoms with Gasteiger partial charge >= 0.3 is 0 Å². The summed E-state index contributed by atoms with van der Waals surface area (Å²) >= 11 is 0. The van der Waals surface area contributed by atoms with Gasteiger partial charge in [0.05, 0.1) is 19.2 Å². The van der Waals surface area contributed by atoms with Crippen molar-refractivity contribution >= 4 is 11.8 Å². The quantitative estimate of drug-likeness (QED) is 0.565. The summed E-state index contributed by atoms with van der Waals surface area (Å²) in [6.45, 7) is 6.76. The zero-order valence-corrected chi connectivity index (χ0v) is 13.6. The first kappa shape index (κ1) is 17.2. The van der Waals surface area contributed by atoms with Crippen LogP contribution < -0.4 is 10.6 Å². The van der Waals surface area contributed by atoms with Crippen LogP contribution in [0.4, 0.5) is 0 Å². The highest BCUT2D eigenvalue weighted by atomic mass is 16.5. The van der Waals surface area contributed by atoms with Crippen LogP contribution >= 0.6 is 0 Å². The zero-order chi connectivity index (χ0) is 15.9. The van der Waals surface area contributed by atoms with E-state index in [0.717, 1.165) is 39.0 Å². The molecule has 2 rings (SSSR count). The predicted molar refractivity (Wildman–Crippen MR) is 83.5 cm³/mol. The van der Waals surface area contributed by atoms with Crippen LogP contribution in [0.2, 0.25) is 0 Å². The Labute approximate surface area is 132 Å². The average molecular weight is 312 g/mol. The largest absolute Gasteiger partial charge is 0.383 e. The van der Waals surface area contributed by atoms with Crippen LogP contribution in [-0.2, 0) is 14.3 Å². The Hall–Kier alpha value is -1.18. The van der Waals surface area contributed by atoms with Gasteiger partial charge in [-0.3, -0.25) is 19.4 Å². The van der Waals surface area contributed by atoms with E-state index in [1.807, 2.05) is 6.92 Å². The fraction of sp³-hybridized carbons (Fsp3) is 0.867. The summed E-state index contributed by atoms with van der Waals surface area (Å²) in [6, 6.07) is 0.281. The van der Waals surface area contributed by atoms with Crippen molar-refractivity contribution in [1.82, 2.24) is 20.4 Å². The molecular weight excluding hydrogens is 284 g/mol. The first-order valence-corrected chi connectivity index (χ1v) is 8.12. The van der Waals surface area contributed by atoms with Crippen molar-refractivity contribution < 1.29 is 14.3 Å². The molecule has 1 atom stereocenters. The van der Waals surface area contributed by atoms with Crippen LogP contribution in [-0.4, -0.2) is 86.7 Å². The van der Waals surface area contributed by atoms with Gasteiger partial charge in [0.25, 0.3) is 0 Å². The van der Waals surface area contributed by atoms with E-state index in [2.05, 4.69) is 20.4 Å². The van der Waals surface area contributed by atoms with Gasteiger partial charge in [-0.15, -0.1) is 0 Å². The Morgan fingerprint density at radius 2 is 1.91 bits per heavy atom. The molecule has 2 aliphatic rings. The van der Waals surface area contributed by atoms with Crippen LogP contribution in [0.1, 0.15) is 19.8 Å². The number of nitrogens with one attached hydrogen (secondary N) is 2. The first-order valence-electron chi connectivity index (χ1n) is 8.12. The number of nitrogens with zero attached hydrogens (tertiary/aromatic N) is 2. The van der Waals surface area contributed by atoms with Gasteiger partial charge in [-0.1, -0.05) is 0 Å². The number of ether oxygens (including phenoxy) is 1. The highest BCUT2D eigenvalue weighted by Crippen LogP contribution is 2.18. The second kappa shape index (κ2) is 8.45. The van der Waals surface area contributed by atoms with Crippen molar-refractivity contribution in [2.24, 2.45) is 0 Å². The van der Waals surface area contributed by atoms with E-state index in [9.17, 15) is 9.59 Å². The minimum absolute atomic E-state index is 0.0389. The maximum absolute atomic E-state index is 12.0. The lowest BCUT2D eigenvalue weighted by Gasteiger charge is -2.37. The normalized spacial score (nSPS) is 21.4. The molecule has 0 unspecified atom stereocenters. The smallest absolute Gasteiger partial charge is 0.237 e. The summed E-state index contributed by atoms with van der Waals surface area (Å²) in [5, 5.41) is 5.88. The number of piperazine rings is 1. The van der Waals surface area contributed by atoms with Crippen molar-refractivity contribution in [1.29, 1.82) is 0 Å². The third-order valence-electron chi connectivity index (χ3n) is 4.25. The zero-order valence-electron chi connectivity index (χ0n) is 13.6. The van der Waals surface area contributed by atoms with Crippen molar-refractivity contribution in [3.8, 4) is 0 Å². The SMILES string of the molecule is COCCNC(=O)[C@@H](C)N1CCN(CC(=O)NC2CC2)CC1. The predicted octanol–water partition coefficient (Wildman–Crippen LogP) is -0.966. The molecule has 7 heteroatoms. The highest BCUT2D eigenvalue weighted by molar-refractivity contribution is 5.81. The lowest BCUT2D eigenvalue weighted by Crippen LogP contribution is -2.55. The molecule has 1 aliphatic heterocycles. The fourth-order valence-electron chi connectivity index (χ4n) is 2.60. The van der Waals surface area contributed by atoms with Gasteiger partial charge in [-0.2, -0.15) is 0 Å². The van der Waals surface area contributed by atoms with E-state index >= 15 is 0 Å². The molecule has 0 bridgehead atoms. The summed E-state index contributed by atoms with van der Waals surface area (Å²) in [5.41, 5.74) is 0. The van der Waals surface area contributed by atoms with E-state index in [1.165, 1.54) is 0 Å². The molecule has 1 heterocycles.